The van der Waals surface area contributed by atoms with Crippen molar-refractivity contribution in [1.82, 2.24) is 5.32 Å². The molecule has 1 fully saturated rings. The van der Waals surface area contributed by atoms with Crippen LogP contribution in [0.4, 0.5) is 0 Å². The van der Waals surface area contributed by atoms with Crippen molar-refractivity contribution in [2.45, 2.75) is 31.2 Å². The third-order valence-electron chi connectivity index (χ3n) is 3.67. The molecule has 1 atom stereocenters. The summed E-state index contributed by atoms with van der Waals surface area (Å²) >= 11 is 6.36. The predicted octanol–water partition coefficient (Wildman–Crippen LogP) is 3.33. The molecule has 18 heavy (non-hydrogen) atoms. The van der Waals surface area contributed by atoms with Crippen LogP contribution >= 0.6 is 11.6 Å². The molecule has 1 aliphatic rings. The van der Waals surface area contributed by atoms with Crippen LogP contribution in [-0.2, 0) is 10.4 Å². The molecular weight excluding hydrogens is 248 g/mol. The molecule has 0 bridgehead atoms. The first kappa shape index (κ1) is 13.4. The highest BCUT2D eigenvalue weighted by Gasteiger charge is 2.40. The smallest absolute Gasteiger partial charge is 0.106 e. The molecule has 3 nitrogen and oxygen atoms in total. The van der Waals surface area contributed by atoms with E-state index in [1.807, 2.05) is 25.2 Å². The predicted molar refractivity (Wildman–Crippen MR) is 75.1 cm³/mol. The van der Waals surface area contributed by atoms with E-state index in [1.165, 1.54) is 0 Å². The van der Waals surface area contributed by atoms with Gasteiger partial charge in [-0.3, -0.25) is 0 Å². The number of benzene rings is 1. The first-order valence-corrected chi connectivity index (χ1v) is 6.67. The zero-order valence-electron chi connectivity index (χ0n) is 10.9. The van der Waals surface area contributed by atoms with E-state index in [4.69, 9.17) is 16.4 Å². The number of nitrogens with zero attached hydrogens (tertiary/aromatic N) is 1. The van der Waals surface area contributed by atoms with E-state index in [0.717, 1.165) is 42.0 Å². The summed E-state index contributed by atoms with van der Waals surface area (Å²) in [6, 6.07) is 7.95. The third-order valence-corrected chi connectivity index (χ3v) is 4.00. The summed E-state index contributed by atoms with van der Waals surface area (Å²) in [5, 5.41) is 8.41. The monoisotopic (exact) mass is 266 g/mol. The van der Waals surface area contributed by atoms with Gasteiger partial charge in [-0.15, -0.1) is 0 Å². The Morgan fingerprint density at radius 3 is 2.78 bits per heavy atom. The normalized spacial score (nSPS) is 26.3. The molecular formula is C14H19ClN2O. The topological polar surface area (TPSA) is 33.6 Å². The van der Waals surface area contributed by atoms with Crippen LogP contribution in [0.15, 0.2) is 29.4 Å². The van der Waals surface area contributed by atoms with E-state index in [1.54, 1.807) is 7.11 Å². The summed E-state index contributed by atoms with van der Waals surface area (Å²) in [5.41, 5.74) is 1.84. The van der Waals surface area contributed by atoms with Crippen molar-refractivity contribution in [2.75, 3.05) is 14.2 Å². The van der Waals surface area contributed by atoms with Gasteiger partial charge in [-0.2, -0.15) is 0 Å². The van der Waals surface area contributed by atoms with Gasteiger partial charge in [0.15, 0.2) is 0 Å². The molecule has 0 spiro atoms. The molecule has 1 unspecified atom stereocenters. The number of hydrogen-bond acceptors (Lipinski definition) is 3. The van der Waals surface area contributed by atoms with Gasteiger partial charge in [0.2, 0.25) is 0 Å². The molecule has 1 aromatic rings. The first-order valence-electron chi connectivity index (χ1n) is 6.29. The lowest BCUT2D eigenvalue weighted by atomic mass is 9.75. The van der Waals surface area contributed by atoms with Crippen LogP contribution in [0.3, 0.4) is 0 Å². The van der Waals surface area contributed by atoms with Crippen molar-refractivity contribution in [1.29, 1.82) is 0 Å². The fourth-order valence-electron chi connectivity index (χ4n) is 2.78. The summed E-state index contributed by atoms with van der Waals surface area (Å²) in [5.74, 6) is 0. The number of oxime groups is 1. The maximum Gasteiger partial charge on any atom is 0.106 e. The van der Waals surface area contributed by atoms with Gasteiger partial charge in [-0.1, -0.05) is 41.4 Å². The highest BCUT2D eigenvalue weighted by Crippen LogP contribution is 2.38. The van der Waals surface area contributed by atoms with Crippen LogP contribution < -0.4 is 5.32 Å². The fourth-order valence-corrected chi connectivity index (χ4v) is 3.07. The van der Waals surface area contributed by atoms with Gasteiger partial charge in [0.1, 0.15) is 7.11 Å². The molecule has 0 heterocycles. The van der Waals surface area contributed by atoms with Gasteiger partial charge in [-0.05, 0) is 37.9 Å². The van der Waals surface area contributed by atoms with Crippen LogP contribution in [-0.4, -0.2) is 19.9 Å². The number of nitrogens with one attached hydrogen (secondary N) is 1. The number of hydrogen-bond donors (Lipinski definition) is 1. The van der Waals surface area contributed by atoms with Crippen LogP contribution in [0.5, 0.6) is 0 Å². The van der Waals surface area contributed by atoms with Gasteiger partial charge in [0.05, 0.1) is 11.3 Å². The van der Waals surface area contributed by atoms with Gasteiger partial charge < -0.3 is 10.2 Å². The first-order chi connectivity index (χ1) is 8.74. The molecule has 0 amide bonds. The molecule has 0 aliphatic heterocycles. The Kier molecular flexibility index (Phi) is 4.25. The third kappa shape index (κ3) is 2.25. The lowest BCUT2D eigenvalue weighted by Crippen LogP contribution is -2.49. The summed E-state index contributed by atoms with van der Waals surface area (Å²) in [7, 11) is 3.55. The maximum absolute atomic E-state index is 6.36. The van der Waals surface area contributed by atoms with Crippen LogP contribution in [0, 0.1) is 0 Å². The summed E-state index contributed by atoms with van der Waals surface area (Å²) in [6.07, 6.45) is 4.25. The fraction of sp³-hybridized carbons (Fsp3) is 0.500. The van der Waals surface area contributed by atoms with Gasteiger partial charge in [-0.25, -0.2) is 0 Å². The summed E-state index contributed by atoms with van der Waals surface area (Å²) < 4.78 is 0. The molecule has 98 valence electrons. The van der Waals surface area contributed by atoms with Gasteiger partial charge in [0, 0.05) is 5.02 Å². The second-order valence-electron chi connectivity index (χ2n) is 4.56. The Bertz CT molecular complexity index is 447. The lowest BCUT2D eigenvalue weighted by Gasteiger charge is -2.38. The molecule has 0 aromatic heterocycles. The minimum Gasteiger partial charge on any atom is -0.399 e. The Morgan fingerprint density at radius 1 is 1.33 bits per heavy atom. The van der Waals surface area contributed by atoms with Gasteiger partial charge in [0.25, 0.3) is 0 Å². The van der Waals surface area contributed by atoms with Crippen LogP contribution in [0.2, 0.25) is 5.02 Å². The molecule has 2 rings (SSSR count). The Labute approximate surface area is 113 Å². The molecule has 1 saturated carbocycles. The molecule has 1 N–H and O–H groups in total. The minimum absolute atomic E-state index is 0.285. The van der Waals surface area contributed by atoms with Crippen molar-refractivity contribution in [3.63, 3.8) is 0 Å². The Morgan fingerprint density at radius 2 is 2.11 bits per heavy atom. The second kappa shape index (κ2) is 5.72. The molecule has 0 radical (unpaired) electrons. The van der Waals surface area contributed by atoms with Crippen molar-refractivity contribution < 1.29 is 4.84 Å². The van der Waals surface area contributed by atoms with Crippen molar-refractivity contribution in [3.8, 4) is 0 Å². The molecule has 1 aliphatic carbocycles. The SMILES string of the molecule is CNC1(c2ccccc2Cl)CCCCC1=NOC. The maximum atomic E-state index is 6.36. The minimum atomic E-state index is -0.285. The quantitative estimate of drug-likeness (QED) is 0.852. The van der Waals surface area contributed by atoms with E-state index >= 15 is 0 Å². The van der Waals surface area contributed by atoms with Crippen LogP contribution in [0.1, 0.15) is 31.2 Å². The Hall–Kier alpha value is -1.06. The molecule has 0 saturated heterocycles. The standard InChI is InChI=1S/C14H19ClN2O/c1-16-14(11-7-3-4-8-12(11)15)10-6-5-9-13(14)17-18-2/h3-4,7-8,16H,5-6,9-10H2,1-2H3. The van der Waals surface area contributed by atoms with E-state index < -0.39 is 0 Å². The van der Waals surface area contributed by atoms with Gasteiger partial charge >= 0.3 is 0 Å². The summed E-state index contributed by atoms with van der Waals surface area (Å²) in [4.78, 5) is 5.00. The average molecular weight is 267 g/mol. The van der Waals surface area contributed by atoms with E-state index in [-0.39, 0.29) is 5.54 Å². The Balaban J connectivity index is 2.51. The largest absolute Gasteiger partial charge is 0.399 e. The average Bonchev–Trinajstić information content (AvgIpc) is 2.41. The van der Waals surface area contributed by atoms with E-state index in [2.05, 4.69) is 16.5 Å². The summed E-state index contributed by atoms with van der Waals surface area (Å²) in [6.45, 7) is 0. The van der Waals surface area contributed by atoms with Crippen molar-refractivity contribution in [2.24, 2.45) is 5.16 Å². The van der Waals surface area contributed by atoms with Crippen molar-refractivity contribution in [3.05, 3.63) is 34.9 Å². The number of halogens is 1. The number of rotatable bonds is 3. The highest BCUT2D eigenvalue weighted by atomic mass is 35.5. The van der Waals surface area contributed by atoms with E-state index in [0.29, 0.717) is 0 Å². The van der Waals surface area contributed by atoms with E-state index in [9.17, 15) is 0 Å². The molecule has 4 heteroatoms. The van der Waals surface area contributed by atoms with Crippen molar-refractivity contribution >= 4 is 17.3 Å². The second-order valence-corrected chi connectivity index (χ2v) is 4.97. The lowest BCUT2D eigenvalue weighted by molar-refractivity contribution is 0.204. The zero-order chi connectivity index (χ0) is 13.0. The highest BCUT2D eigenvalue weighted by molar-refractivity contribution is 6.31. The van der Waals surface area contributed by atoms with Crippen LogP contribution in [0.25, 0.3) is 0 Å². The molecule has 1 aromatic carbocycles. The zero-order valence-corrected chi connectivity index (χ0v) is 11.6.